The molecule has 0 unspecified atom stereocenters. The summed E-state index contributed by atoms with van der Waals surface area (Å²) in [5, 5.41) is 0. The Morgan fingerprint density at radius 3 is 2.50 bits per heavy atom. The van der Waals surface area contributed by atoms with Gasteiger partial charge in [-0.3, -0.25) is 4.79 Å². The minimum absolute atomic E-state index is 0.146. The van der Waals surface area contributed by atoms with Crippen LogP contribution in [0.15, 0.2) is 24.3 Å². The van der Waals surface area contributed by atoms with Crippen LogP contribution in [0.2, 0.25) is 0 Å². The molecule has 0 N–H and O–H groups in total. The van der Waals surface area contributed by atoms with Gasteiger partial charge in [-0.15, -0.1) is 0 Å². The molecule has 26 heavy (non-hydrogen) atoms. The SMILES string of the molecule is CCc1ccc(OCC(=O)N2CCCC[C@@H]2CCN2CCCCC2)cc1. The lowest BCUT2D eigenvalue weighted by Crippen LogP contribution is -2.47. The van der Waals surface area contributed by atoms with Gasteiger partial charge in [0.2, 0.25) is 0 Å². The molecule has 2 aliphatic rings. The summed E-state index contributed by atoms with van der Waals surface area (Å²) in [5.74, 6) is 0.935. The maximum atomic E-state index is 12.7. The van der Waals surface area contributed by atoms with Gasteiger partial charge in [-0.25, -0.2) is 0 Å². The summed E-state index contributed by atoms with van der Waals surface area (Å²) in [6.45, 7) is 6.79. The van der Waals surface area contributed by atoms with Crippen LogP contribution in [-0.4, -0.2) is 54.5 Å². The van der Waals surface area contributed by atoms with Crippen LogP contribution in [-0.2, 0) is 11.2 Å². The zero-order valence-electron chi connectivity index (χ0n) is 16.3. The Hall–Kier alpha value is -1.55. The van der Waals surface area contributed by atoms with E-state index in [1.165, 1.54) is 44.3 Å². The van der Waals surface area contributed by atoms with Crippen LogP contribution in [0.5, 0.6) is 5.75 Å². The maximum Gasteiger partial charge on any atom is 0.260 e. The first-order valence-electron chi connectivity index (χ1n) is 10.5. The van der Waals surface area contributed by atoms with Crippen LogP contribution < -0.4 is 4.74 Å². The first-order valence-corrected chi connectivity index (χ1v) is 10.5. The summed E-state index contributed by atoms with van der Waals surface area (Å²) < 4.78 is 5.76. The first-order chi connectivity index (χ1) is 12.8. The predicted molar refractivity (Wildman–Crippen MR) is 106 cm³/mol. The number of amides is 1. The maximum absolute atomic E-state index is 12.7. The predicted octanol–water partition coefficient (Wildman–Crippen LogP) is 3.88. The second-order valence-corrected chi connectivity index (χ2v) is 7.71. The number of likely N-dealkylation sites (tertiary alicyclic amines) is 2. The average Bonchev–Trinajstić information content (AvgIpc) is 2.72. The standard InChI is InChI=1S/C22H34N2O2/c1-2-19-9-11-21(12-10-19)26-18-22(25)24-16-7-4-8-20(24)13-17-23-14-5-3-6-15-23/h9-12,20H,2-8,13-18H2,1H3/t20-/m1/s1. The number of piperidine rings is 2. The Morgan fingerprint density at radius 2 is 1.77 bits per heavy atom. The average molecular weight is 359 g/mol. The van der Waals surface area contributed by atoms with E-state index < -0.39 is 0 Å². The van der Waals surface area contributed by atoms with Crippen molar-refractivity contribution in [3.8, 4) is 5.75 Å². The molecule has 144 valence electrons. The third-order valence-electron chi connectivity index (χ3n) is 5.87. The van der Waals surface area contributed by atoms with Crippen molar-refractivity contribution in [2.24, 2.45) is 0 Å². The largest absolute Gasteiger partial charge is 0.484 e. The summed E-state index contributed by atoms with van der Waals surface area (Å²) >= 11 is 0. The molecule has 4 heteroatoms. The minimum atomic E-state index is 0.146. The van der Waals surface area contributed by atoms with Crippen LogP contribution in [0.4, 0.5) is 0 Å². The molecule has 0 aliphatic carbocycles. The molecule has 0 bridgehead atoms. The molecule has 0 spiro atoms. The molecule has 0 aromatic heterocycles. The molecule has 4 nitrogen and oxygen atoms in total. The van der Waals surface area contributed by atoms with Crippen molar-refractivity contribution in [1.29, 1.82) is 0 Å². The number of benzene rings is 1. The number of carbonyl (C=O) groups is 1. The molecule has 1 aromatic carbocycles. The van der Waals surface area contributed by atoms with E-state index in [0.717, 1.165) is 44.5 Å². The van der Waals surface area contributed by atoms with Gasteiger partial charge >= 0.3 is 0 Å². The van der Waals surface area contributed by atoms with E-state index in [2.05, 4.69) is 28.9 Å². The molecule has 2 saturated heterocycles. The van der Waals surface area contributed by atoms with Crippen molar-refractivity contribution in [3.05, 3.63) is 29.8 Å². The number of aryl methyl sites for hydroxylation is 1. The van der Waals surface area contributed by atoms with Crippen molar-refractivity contribution in [2.75, 3.05) is 32.8 Å². The molecule has 2 fully saturated rings. The van der Waals surface area contributed by atoms with Gasteiger partial charge in [0.1, 0.15) is 5.75 Å². The van der Waals surface area contributed by atoms with Crippen LogP contribution in [0.3, 0.4) is 0 Å². The summed E-state index contributed by atoms with van der Waals surface area (Å²) in [6, 6.07) is 8.47. The molecule has 2 aliphatic heterocycles. The molecule has 1 aromatic rings. The molecule has 2 heterocycles. The first kappa shape index (κ1) is 19.2. The fraction of sp³-hybridized carbons (Fsp3) is 0.682. The number of carbonyl (C=O) groups excluding carboxylic acids is 1. The summed E-state index contributed by atoms with van der Waals surface area (Å²) in [6.07, 6.45) is 9.68. The summed E-state index contributed by atoms with van der Waals surface area (Å²) in [4.78, 5) is 17.4. The lowest BCUT2D eigenvalue weighted by atomic mass is 9.98. The third kappa shape index (κ3) is 5.47. The Labute approximate surface area is 158 Å². The normalized spacial score (nSPS) is 21.6. The topological polar surface area (TPSA) is 32.8 Å². The molecular formula is C22H34N2O2. The summed E-state index contributed by atoms with van der Waals surface area (Å²) in [5.41, 5.74) is 1.29. The van der Waals surface area contributed by atoms with Crippen LogP contribution in [0, 0.1) is 0 Å². The van der Waals surface area contributed by atoms with Crippen molar-refractivity contribution in [1.82, 2.24) is 9.80 Å². The van der Waals surface area contributed by atoms with Crippen LogP contribution >= 0.6 is 0 Å². The fourth-order valence-electron chi connectivity index (χ4n) is 4.19. The van der Waals surface area contributed by atoms with E-state index in [0.29, 0.717) is 6.04 Å². The molecule has 0 radical (unpaired) electrons. The Morgan fingerprint density at radius 1 is 1.04 bits per heavy atom. The van der Waals surface area contributed by atoms with Gasteiger partial charge in [-0.05, 0) is 75.7 Å². The number of ether oxygens (including phenoxy) is 1. The zero-order chi connectivity index (χ0) is 18.2. The smallest absolute Gasteiger partial charge is 0.260 e. The van der Waals surface area contributed by atoms with Crippen LogP contribution in [0.25, 0.3) is 0 Å². The van der Waals surface area contributed by atoms with Gasteiger partial charge in [0.05, 0.1) is 0 Å². The highest BCUT2D eigenvalue weighted by molar-refractivity contribution is 5.78. The third-order valence-corrected chi connectivity index (χ3v) is 5.87. The monoisotopic (exact) mass is 358 g/mol. The van der Waals surface area contributed by atoms with Crippen molar-refractivity contribution < 1.29 is 9.53 Å². The highest BCUT2D eigenvalue weighted by Crippen LogP contribution is 2.22. The van der Waals surface area contributed by atoms with E-state index in [9.17, 15) is 4.79 Å². The molecular weight excluding hydrogens is 324 g/mol. The minimum Gasteiger partial charge on any atom is -0.484 e. The van der Waals surface area contributed by atoms with Gasteiger partial charge in [0.25, 0.3) is 5.91 Å². The number of hydrogen-bond acceptors (Lipinski definition) is 3. The number of rotatable bonds is 7. The Bertz CT molecular complexity index is 552. The van der Waals surface area contributed by atoms with Crippen molar-refractivity contribution >= 4 is 5.91 Å². The summed E-state index contributed by atoms with van der Waals surface area (Å²) in [7, 11) is 0. The zero-order valence-corrected chi connectivity index (χ0v) is 16.3. The lowest BCUT2D eigenvalue weighted by Gasteiger charge is -2.37. The van der Waals surface area contributed by atoms with Gasteiger partial charge in [-0.1, -0.05) is 25.5 Å². The second kappa shape index (κ2) is 9.96. The van der Waals surface area contributed by atoms with Gasteiger partial charge < -0.3 is 14.5 Å². The van der Waals surface area contributed by atoms with Gasteiger partial charge in [0, 0.05) is 19.1 Å². The number of hydrogen-bond donors (Lipinski definition) is 0. The van der Waals surface area contributed by atoms with Gasteiger partial charge in [-0.2, -0.15) is 0 Å². The fourth-order valence-corrected chi connectivity index (χ4v) is 4.19. The molecule has 1 amide bonds. The second-order valence-electron chi connectivity index (χ2n) is 7.71. The quantitative estimate of drug-likeness (QED) is 0.741. The van der Waals surface area contributed by atoms with Gasteiger partial charge in [0.15, 0.2) is 6.61 Å². The van der Waals surface area contributed by atoms with E-state index in [-0.39, 0.29) is 12.5 Å². The Balaban J connectivity index is 1.48. The molecule has 3 rings (SSSR count). The lowest BCUT2D eigenvalue weighted by molar-refractivity contribution is -0.137. The Kier molecular flexibility index (Phi) is 7.36. The van der Waals surface area contributed by atoms with E-state index >= 15 is 0 Å². The molecule has 1 atom stereocenters. The van der Waals surface area contributed by atoms with E-state index in [1.54, 1.807) is 0 Å². The van der Waals surface area contributed by atoms with E-state index in [1.807, 2.05) is 12.1 Å². The highest BCUT2D eigenvalue weighted by Gasteiger charge is 2.27. The molecule has 0 saturated carbocycles. The van der Waals surface area contributed by atoms with Crippen molar-refractivity contribution in [2.45, 2.75) is 64.3 Å². The highest BCUT2D eigenvalue weighted by atomic mass is 16.5. The van der Waals surface area contributed by atoms with Crippen molar-refractivity contribution in [3.63, 3.8) is 0 Å². The van der Waals surface area contributed by atoms with Crippen LogP contribution in [0.1, 0.15) is 57.4 Å². The van der Waals surface area contributed by atoms with E-state index in [4.69, 9.17) is 4.74 Å². The number of nitrogens with zero attached hydrogens (tertiary/aromatic N) is 2.